The third-order valence-corrected chi connectivity index (χ3v) is 4.56. The number of H-pyrrole nitrogens is 1. The second kappa shape index (κ2) is 5.33. The molecule has 1 aliphatic heterocycles. The number of carboxylic acid groups (broad SMARTS) is 1. The van der Waals surface area contributed by atoms with Crippen LogP contribution < -0.4 is 5.56 Å². The van der Waals surface area contributed by atoms with Crippen molar-refractivity contribution in [1.82, 2.24) is 14.3 Å². The van der Waals surface area contributed by atoms with Crippen LogP contribution in [-0.4, -0.2) is 53.1 Å². The van der Waals surface area contributed by atoms with E-state index in [4.69, 9.17) is 5.11 Å². The Hall–Kier alpha value is -1.74. The highest BCUT2D eigenvalue weighted by Gasteiger charge is 2.28. The number of piperidine rings is 1. The molecule has 2 N–H and O–H groups in total. The number of nitrogens with one attached hydrogen (secondary N) is 1. The molecule has 0 saturated carbocycles. The molecule has 2 rings (SSSR count). The number of aromatic nitrogens is 2. The SMILES string of the molecule is CS(=O)(=O)N1CCCC(c2ncc(C(=O)O)c(=O)[nH]2)C1. The van der Waals surface area contributed by atoms with Gasteiger partial charge in [-0.05, 0) is 12.8 Å². The van der Waals surface area contributed by atoms with Gasteiger partial charge in [0, 0.05) is 25.2 Å². The summed E-state index contributed by atoms with van der Waals surface area (Å²) >= 11 is 0. The molecule has 1 fully saturated rings. The minimum absolute atomic E-state index is 0.228. The van der Waals surface area contributed by atoms with Crippen LogP contribution in [0.1, 0.15) is 34.9 Å². The molecule has 0 amide bonds. The van der Waals surface area contributed by atoms with E-state index in [1.54, 1.807) is 0 Å². The van der Waals surface area contributed by atoms with E-state index in [1.807, 2.05) is 0 Å². The van der Waals surface area contributed by atoms with Crippen molar-refractivity contribution in [2.45, 2.75) is 18.8 Å². The summed E-state index contributed by atoms with van der Waals surface area (Å²) in [7, 11) is -3.28. The van der Waals surface area contributed by atoms with Crippen LogP contribution in [0.5, 0.6) is 0 Å². The van der Waals surface area contributed by atoms with E-state index in [2.05, 4.69) is 9.97 Å². The average molecular weight is 301 g/mol. The van der Waals surface area contributed by atoms with Crippen LogP contribution in [0.25, 0.3) is 0 Å². The van der Waals surface area contributed by atoms with Crippen molar-refractivity contribution >= 4 is 16.0 Å². The molecule has 0 radical (unpaired) electrons. The first-order valence-corrected chi connectivity index (χ1v) is 7.91. The smallest absolute Gasteiger partial charge is 0.342 e. The highest BCUT2D eigenvalue weighted by atomic mass is 32.2. The van der Waals surface area contributed by atoms with Crippen molar-refractivity contribution in [3.8, 4) is 0 Å². The molecule has 0 bridgehead atoms. The number of carbonyl (C=O) groups is 1. The summed E-state index contributed by atoms with van der Waals surface area (Å²) in [4.78, 5) is 28.7. The maximum Gasteiger partial charge on any atom is 0.342 e. The molecular weight excluding hydrogens is 286 g/mol. The number of aromatic amines is 1. The van der Waals surface area contributed by atoms with Crippen LogP contribution in [0.4, 0.5) is 0 Å². The molecule has 2 heterocycles. The average Bonchev–Trinajstić information content (AvgIpc) is 2.37. The van der Waals surface area contributed by atoms with Crippen LogP contribution in [0, 0.1) is 0 Å². The van der Waals surface area contributed by atoms with E-state index in [-0.39, 0.29) is 12.5 Å². The lowest BCUT2D eigenvalue weighted by atomic mass is 9.99. The predicted octanol–water partition coefficient (Wildman–Crippen LogP) is -0.393. The zero-order valence-electron chi connectivity index (χ0n) is 10.9. The van der Waals surface area contributed by atoms with E-state index in [0.717, 1.165) is 12.5 Å². The molecule has 1 aromatic rings. The van der Waals surface area contributed by atoms with E-state index in [0.29, 0.717) is 25.2 Å². The van der Waals surface area contributed by atoms with Crippen molar-refractivity contribution in [2.24, 2.45) is 0 Å². The normalized spacial score (nSPS) is 20.8. The van der Waals surface area contributed by atoms with Gasteiger partial charge in [-0.2, -0.15) is 0 Å². The third kappa shape index (κ3) is 3.05. The summed E-state index contributed by atoms with van der Waals surface area (Å²) in [5.41, 5.74) is -1.15. The molecule has 20 heavy (non-hydrogen) atoms. The monoisotopic (exact) mass is 301 g/mol. The van der Waals surface area contributed by atoms with Crippen LogP contribution in [0.3, 0.4) is 0 Å². The molecule has 0 spiro atoms. The highest BCUT2D eigenvalue weighted by Crippen LogP contribution is 2.25. The maximum atomic E-state index is 11.6. The minimum atomic E-state index is -3.28. The topological polar surface area (TPSA) is 120 Å². The molecule has 0 aliphatic carbocycles. The van der Waals surface area contributed by atoms with Crippen LogP contribution in [-0.2, 0) is 10.0 Å². The Morgan fingerprint density at radius 2 is 2.25 bits per heavy atom. The van der Waals surface area contributed by atoms with Crippen molar-refractivity contribution in [3.63, 3.8) is 0 Å². The second-order valence-electron chi connectivity index (χ2n) is 4.78. The first-order chi connectivity index (χ1) is 9.29. The van der Waals surface area contributed by atoms with Gasteiger partial charge < -0.3 is 10.1 Å². The van der Waals surface area contributed by atoms with Gasteiger partial charge >= 0.3 is 5.97 Å². The molecule has 1 aliphatic rings. The van der Waals surface area contributed by atoms with E-state index < -0.39 is 27.1 Å². The van der Waals surface area contributed by atoms with Gasteiger partial charge in [0.1, 0.15) is 11.4 Å². The molecule has 110 valence electrons. The molecule has 1 aromatic heterocycles. The largest absolute Gasteiger partial charge is 0.477 e. The van der Waals surface area contributed by atoms with Gasteiger partial charge in [0.05, 0.1) is 6.26 Å². The molecule has 1 atom stereocenters. The van der Waals surface area contributed by atoms with Crippen molar-refractivity contribution in [3.05, 3.63) is 27.9 Å². The summed E-state index contributed by atoms with van der Waals surface area (Å²) in [6, 6.07) is 0. The van der Waals surface area contributed by atoms with Crippen LogP contribution in [0.15, 0.2) is 11.0 Å². The molecular formula is C11H15N3O5S. The Kier molecular flexibility index (Phi) is 3.91. The number of aromatic carboxylic acids is 1. The number of hydrogen-bond donors (Lipinski definition) is 2. The highest BCUT2D eigenvalue weighted by molar-refractivity contribution is 7.88. The van der Waals surface area contributed by atoms with Gasteiger partial charge in [-0.3, -0.25) is 4.79 Å². The van der Waals surface area contributed by atoms with E-state index in [1.165, 1.54) is 4.31 Å². The van der Waals surface area contributed by atoms with Crippen LogP contribution in [0.2, 0.25) is 0 Å². The Labute approximate surface area is 115 Å². The lowest BCUT2D eigenvalue weighted by molar-refractivity contribution is 0.0694. The zero-order valence-corrected chi connectivity index (χ0v) is 11.7. The number of sulfonamides is 1. The lowest BCUT2D eigenvalue weighted by Crippen LogP contribution is -2.39. The van der Waals surface area contributed by atoms with Crippen molar-refractivity contribution in [1.29, 1.82) is 0 Å². The number of hydrogen-bond acceptors (Lipinski definition) is 5. The fourth-order valence-corrected chi connectivity index (χ4v) is 3.15. The predicted molar refractivity (Wildman–Crippen MR) is 70.2 cm³/mol. The van der Waals surface area contributed by atoms with Gasteiger partial charge in [-0.15, -0.1) is 0 Å². The number of carboxylic acids is 1. The summed E-state index contributed by atoms with van der Waals surface area (Å²) in [6.07, 6.45) is 3.51. The standard InChI is InChI=1S/C11H15N3O5S/c1-20(18,19)14-4-2-3-7(6-14)9-12-5-8(11(16)17)10(15)13-9/h5,7H,2-4,6H2,1H3,(H,16,17)(H,12,13,15). The van der Waals surface area contributed by atoms with Crippen molar-refractivity contribution in [2.75, 3.05) is 19.3 Å². The Morgan fingerprint density at radius 1 is 1.55 bits per heavy atom. The minimum Gasteiger partial charge on any atom is -0.477 e. The Bertz CT molecular complexity index is 682. The Balaban J connectivity index is 2.26. The molecule has 8 nitrogen and oxygen atoms in total. The summed E-state index contributed by atoms with van der Waals surface area (Å²) < 4.78 is 24.4. The summed E-state index contributed by atoms with van der Waals surface area (Å²) in [6.45, 7) is 0.695. The molecule has 0 aromatic carbocycles. The van der Waals surface area contributed by atoms with Crippen molar-refractivity contribution < 1.29 is 18.3 Å². The fraction of sp³-hybridized carbons (Fsp3) is 0.545. The zero-order chi connectivity index (χ0) is 14.9. The summed E-state index contributed by atoms with van der Waals surface area (Å²) in [5, 5.41) is 8.77. The Morgan fingerprint density at radius 3 is 2.80 bits per heavy atom. The lowest BCUT2D eigenvalue weighted by Gasteiger charge is -2.30. The first-order valence-electron chi connectivity index (χ1n) is 6.06. The first kappa shape index (κ1) is 14.7. The van der Waals surface area contributed by atoms with Gasteiger partial charge in [0.25, 0.3) is 5.56 Å². The van der Waals surface area contributed by atoms with Gasteiger partial charge in [0.2, 0.25) is 10.0 Å². The molecule has 1 saturated heterocycles. The fourth-order valence-electron chi connectivity index (χ4n) is 2.24. The van der Waals surface area contributed by atoms with E-state index in [9.17, 15) is 18.0 Å². The number of rotatable bonds is 3. The molecule has 9 heteroatoms. The second-order valence-corrected chi connectivity index (χ2v) is 6.76. The van der Waals surface area contributed by atoms with Gasteiger partial charge in [0.15, 0.2) is 0 Å². The van der Waals surface area contributed by atoms with Gasteiger partial charge in [-0.25, -0.2) is 22.5 Å². The summed E-state index contributed by atoms with van der Waals surface area (Å²) in [5.74, 6) is -1.24. The third-order valence-electron chi connectivity index (χ3n) is 3.29. The van der Waals surface area contributed by atoms with E-state index >= 15 is 0 Å². The molecule has 1 unspecified atom stereocenters. The van der Waals surface area contributed by atoms with Crippen LogP contribution >= 0.6 is 0 Å². The quantitative estimate of drug-likeness (QED) is 0.784. The van der Waals surface area contributed by atoms with Gasteiger partial charge in [-0.1, -0.05) is 0 Å². The maximum absolute atomic E-state index is 11.6. The number of nitrogens with zero attached hydrogens (tertiary/aromatic N) is 2.